The second-order valence-corrected chi connectivity index (χ2v) is 4.50. The van der Waals surface area contributed by atoms with E-state index >= 15 is 0 Å². The lowest BCUT2D eigenvalue weighted by Crippen LogP contribution is -1.92. The number of ether oxygens (including phenoxy) is 2. The standard InChI is InChI=1S/C13H12ClN3O2/c1-17-8-5-10(19-3)9(18-2)4-7(8)11-12(17)13(14)16-6-15-11/h4-6H,1-3H3. The van der Waals surface area contributed by atoms with Gasteiger partial charge >= 0.3 is 0 Å². The van der Waals surface area contributed by atoms with Gasteiger partial charge in [-0.1, -0.05) is 11.6 Å². The summed E-state index contributed by atoms with van der Waals surface area (Å²) in [7, 11) is 5.14. The minimum atomic E-state index is 0.432. The fourth-order valence-corrected chi connectivity index (χ4v) is 2.57. The van der Waals surface area contributed by atoms with Crippen molar-refractivity contribution in [2.75, 3.05) is 14.2 Å². The van der Waals surface area contributed by atoms with Crippen molar-refractivity contribution in [2.24, 2.45) is 7.05 Å². The van der Waals surface area contributed by atoms with Crippen molar-refractivity contribution in [3.05, 3.63) is 23.6 Å². The minimum Gasteiger partial charge on any atom is -0.493 e. The largest absolute Gasteiger partial charge is 0.493 e. The predicted octanol–water partition coefficient (Wildman–Crippen LogP) is 2.79. The molecule has 0 N–H and O–H groups in total. The minimum absolute atomic E-state index is 0.432. The number of fused-ring (bicyclic) bond motifs is 3. The lowest BCUT2D eigenvalue weighted by Gasteiger charge is -2.07. The Hall–Kier alpha value is -2.01. The average Bonchev–Trinajstić information content (AvgIpc) is 2.71. The number of aryl methyl sites for hydroxylation is 1. The van der Waals surface area contributed by atoms with Gasteiger partial charge in [-0.3, -0.25) is 0 Å². The molecule has 5 nitrogen and oxygen atoms in total. The van der Waals surface area contributed by atoms with E-state index in [9.17, 15) is 0 Å². The molecule has 0 amide bonds. The van der Waals surface area contributed by atoms with Gasteiger partial charge in [0.2, 0.25) is 0 Å². The molecule has 2 heterocycles. The van der Waals surface area contributed by atoms with Crippen LogP contribution in [0.2, 0.25) is 5.15 Å². The second kappa shape index (κ2) is 4.28. The smallest absolute Gasteiger partial charge is 0.162 e. The third-order valence-corrected chi connectivity index (χ3v) is 3.51. The Morgan fingerprint density at radius 3 is 2.47 bits per heavy atom. The number of benzene rings is 1. The molecule has 0 radical (unpaired) electrons. The summed E-state index contributed by atoms with van der Waals surface area (Å²) < 4.78 is 12.6. The van der Waals surface area contributed by atoms with Crippen molar-refractivity contribution in [3.63, 3.8) is 0 Å². The molecule has 0 fully saturated rings. The summed E-state index contributed by atoms with van der Waals surface area (Å²) in [6, 6.07) is 3.81. The van der Waals surface area contributed by atoms with Gasteiger partial charge in [0, 0.05) is 18.5 Å². The molecule has 0 aliphatic heterocycles. The van der Waals surface area contributed by atoms with Gasteiger partial charge in [-0.15, -0.1) is 0 Å². The molecule has 3 aromatic rings. The number of halogens is 1. The first-order valence-corrected chi connectivity index (χ1v) is 6.05. The van der Waals surface area contributed by atoms with Crippen molar-refractivity contribution in [1.29, 1.82) is 0 Å². The van der Waals surface area contributed by atoms with Crippen LogP contribution in [0.15, 0.2) is 18.5 Å². The van der Waals surface area contributed by atoms with Gasteiger partial charge in [0.05, 0.1) is 19.7 Å². The number of hydrogen-bond acceptors (Lipinski definition) is 4. The molecular formula is C13H12ClN3O2. The van der Waals surface area contributed by atoms with E-state index in [2.05, 4.69) is 9.97 Å². The van der Waals surface area contributed by atoms with E-state index in [4.69, 9.17) is 21.1 Å². The third kappa shape index (κ3) is 1.62. The van der Waals surface area contributed by atoms with Gasteiger partial charge in [0.25, 0.3) is 0 Å². The quantitative estimate of drug-likeness (QED) is 0.676. The molecule has 1 aromatic carbocycles. The highest BCUT2D eigenvalue weighted by molar-refractivity contribution is 6.34. The zero-order valence-corrected chi connectivity index (χ0v) is 11.5. The fourth-order valence-electron chi connectivity index (χ4n) is 2.31. The van der Waals surface area contributed by atoms with Crippen LogP contribution in [0.4, 0.5) is 0 Å². The molecule has 0 aliphatic rings. The number of hydrogen-bond donors (Lipinski definition) is 0. The fraction of sp³-hybridized carbons (Fsp3) is 0.231. The first-order chi connectivity index (χ1) is 9.17. The summed E-state index contributed by atoms with van der Waals surface area (Å²) in [5.41, 5.74) is 2.57. The first-order valence-electron chi connectivity index (χ1n) is 5.68. The lowest BCUT2D eigenvalue weighted by atomic mass is 10.2. The molecule has 6 heteroatoms. The highest BCUT2D eigenvalue weighted by Gasteiger charge is 2.16. The molecule has 0 bridgehead atoms. The number of rotatable bonds is 2. The van der Waals surface area contributed by atoms with E-state index in [1.54, 1.807) is 14.2 Å². The maximum Gasteiger partial charge on any atom is 0.162 e. The van der Waals surface area contributed by atoms with Crippen molar-refractivity contribution in [1.82, 2.24) is 14.5 Å². The molecule has 3 rings (SSSR count). The number of aromatic nitrogens is 3. The monoisotopic (exact) mass is 277 g/mol. The first kappa shape index (κ1) is 12.0. The summed E-state index contributed by atoms with van der Waals surface area (Å²) in [5, 5.41) is 1.39. The Morgan fingerprint density at radius 2 is 1.79 bits per heavy atom. The summed E-state index contributed by atoms with van der Waals surface area (Å²) in [4.78, 5) is 8.33. The Labute approximate surface area is 114 Å². The van der Waals surface area contributed by atoms with E-state index in [0.717, 1.165) is 21.9 Å². The van der Waals surface area contributed by atoms with E-state index < -0.39 is 0 Å². The Morgan fingerprint density at radius 1 is 1.11 bits per heavy atom. The zero-order chi connectivity index (χ0) is 13.6. The van der Waals surface area contributed by atoms with Crippen molar-refractivity contribution < 1.29 is 9.47 Å². The molecule has 0 spiro atoms. The highest BCUT2D eigenvalue weighted by Crippen LogP contribution is 2.37. The molecule has 0 saturated carbocycles. The highest BCUT2D eigenvalue weighted by atomic mass is 35.5. The molecule has 19 heavy (non-hydrogen) atoms. The molecule has 98 valence electrons. The van der Waals surface area contributed by atoms with Crippen LogP contribution in [0.5, 0.6) is 11.5 Å². The normalized spacial score (nSPS) is 11.2. The maximum atomic E-state index is 6.15. The number of nitrogens with zero attached hydrogens (tertiary/aromatic N) is 3. The molecule has 0 atom stereocenters. The Balaban J connectivity index is 2.51. The van der Waals surface area contributed by atoms with Gasteiger partial charge in [-0.2, -0.15) is 0 Å². The zero-order valence-electron chi connectivity index (χ0n) is 10.8. The average molecular weight is 278 g/mol. The Bertz CT molecular complexity index is 782. The summed E-state index contributed by atoms with van der Waals surface area (Å²) in [5.74, 6) is 1.34. The van der Waals surface area contributed by atoms with Crippen LogP contribution in [0.3, 0.4) is 0 Å². The van der Waals surface area contributed by atoms with E-state index in [0.29, 0.717) is 16.7 Å². The molecule has 0 saturated heterocycles. The molecule has 0 aliphatic carbocycles. The molecule has 2 aromatic heterocycles. The maximum absolute atomic E-state index is 6.15. The van der Waals surface area contributed by atoms with E-state index in [1.807, 2.05) is 23.7 Å². The SMILES string of the molecule is COc1cc2c3ncnc(Cl)c3n(C)c2cc1OC. The summed E-state index contributed by atoms with van der Waals surface area (Å²) in [6.45, 7) is 0. The number of methoxy groups -OCH3 is 2. The van der Waals surface area contributed by atoms with Crippen molar-refractivity contribution >= 4 is 33.5 Å². The van der Waals surface area contributed by atoms with Gasteiger partial charge in [-0.25, -0.2) is 9.97 Å². The van der Waals surface area contributed by atoms with Gasteiger partial charge in [0.15, 0.2) is 16.7 Å². The topological polar surface area (TPSA) is 49.2 Å². The molecule has 0 unspecified atom stereocenters. The van der Waals surface area contributed by atoms with Crippen LogP contribution < -0.4 is 9.47 Å². The third-order valence-electron chi connectivity index (χ3n) is 3.23. The van der Waals surface area contributed by atoms with Gasteiger partial charge < -0.3 is 14.0 Å². The van der Waals surface area contributed by atoms with Crippen LogP contribution in [0, 0.1) is 0 Å². The van der Waals surface area contributed by atoms with Crippen molar-refractivity contribution in [3.8, 4) is 11.5 Å². The lowest BCUT2D eigenvalue weighted by molar-refractivity contribution is 0.356. The van der Waals surface area contributed by atoms with E-state index in [1.165, 1.54) is 6.33 Å². The van der Waals surface area contributed by atoms with Crippen LogP contribution in [0.25, 0.3) is 21.9 Å². The Kier molecular flexibility index (Phi) is 2.71. The predicted molar refractivity (Wildman–Crippen MR) is 74.1 cm³/mol. The second-order valence-electron chi connectivity index (χ2n) is 4.15. The van der Waals surface area contributed by atoms with Gasteiger partial charge in [0.1, 0.15) is 17.4 Å². The van der Waals surface area contributed by atoms with E-state index in [-0.39, 0.29) is 0 Å². The molecular weight excluding hydrogens is 266 g/mol. The summed E-state index contributed by atoms with van der Waals surface area (Å²) in [6.07, 6.45) is 1.46. The van der Waals surface area contributed by atoms with Crippen LogP contribution >= 0.6 is 11.6 Å². The van der Waals surface area contributed by atoms with Crippen molar-refractivity contribution in [2.45, 2.75) is 0 Å². The van der Waals surface area contributed by atoms with Crippen LogP contribution in [-0.2, 0) is 7.05 Å². The van der Waals surface area contributed by atoms with Crippen LogP contribution in [-0.4, -0.2) is 28.8 Å². The van der Waals surface area contributed by atoms with Crippen LogP contribution in [0.1, 0.15) is 0 Å². The summed E-state index contributed by atoms with van der Waals surface area (Å²) >= 11 is 6.15. The van der Waals surface area contributed by atoms with Gasteiger partial charge in [-0.05, 0) is 6.07 Å².